The summed E-state index contributed by atoms with van der Waals surface area (Å²) in [6.07, 6.45) is 0. The molecule has 5 aromatic carbocycles. The Balaban J connectivity index is 1.17. The van der Waals surface area contributed by atoms with E-state index in [1.54, 1.807) is 18.2 Å². The summed E-state index contributed by atoms with van der Waals surface area (Å²) in [7, 11) is 0. The van der Waals surface area contributed by atoms with Gasteiger partial charge in [0.25, 0.3) is 0 Å². The molecule has 216 valence electrons. The summed E-state index contributed by atoms with van der Waals surface area (Å²) in [5.74, 6) is 0. The first kappa shape index (κ1) is 26.8. The highest BCUT2D eigenvalue weighted by Crippen LogP contribution is 2.48. The standard InChI is InChI=1S/C40H16N8/c1-19(15-41)33-23(16-42)3-8-26-34(33)20(2)37-38(26)47-31-13-21(6-11-29(31)45-37)22-7-12-30-32(14-22)48-40-28-10-5-25(18-44)35-24(17-43)4-9-27(36(28)35)39(40)46-30/h3-14H,1-2H2. The largest absolute Gasteiger partial charge is 0.244 e. The van der Waals surface area contributed by atoms with Crippen molar-refractivity contribution < 1.29 is 0 Å². The first-order chi connectivity index (χ1) is 23.4. The number of fused-ring (bicyclic) bond motifs is 8. The van der Waals surface area contributed by atoms with Crippen molar-refractivity contribution >= 4 is 44.0 Å². The van der Waals surface area contributed by atoms with Crippen LogP contribution in [0, 0.1) is 45.3 Å². The summed E-state index contributed by atoms with van der Waals surface area (Å²) in [4.78, 5) is 20.0. The minimum Gasteiger partial charge on any atom is -0.244 e. The molecular weight excluding hydrogens is 592 g/mol. The van der Waals surface area contributed by atoms with E-state index >= 15 is 0 Å². The second-order valence-electron chi connectivity index (χ2n) is 11.6. The van der Waals surface area contributed by atoms with Crippen LogP contribution in [0.1, 0.15) is 33.5 Å². The minimum absolute atomic E-state index is 0.189. The van der Waals surface area contributed by atoms with Gasteiger partial charge in [-0.05, 0) is 53.6 Å². The van der Waals surface area contributed by atoms with Crippen LogP contribution in [0.2, 0.25) is 0 Å². The summed E-state index contributed by atoms with van der Waals surface area (Å²) in [5.41, 5.74) is 13.0. The number of rotatable bonds is 2. The van der Waals surface area contributed by atoms with E-state index in [9.17, 15) is 21.0 Å². The molecule has 8 heteroatoms. The molecule has 0 saturated heterocycles. The maximum absolute atomic E-state index is 9.77. The van der Waals surface area contributed by atoms with Crippen molar-refractivity contribution in [2.45, 2.75) is 0 Å². The van der Waals surface area contributed by atoms with Crippen LogP contribution in [0.15, 0.2) is 86.0 Å². The number of benzene rings is 5. The molecule has 9 rings (SSSR count). The summed E-state index contributed by atoms with van der Waals surface area (Å²) in [6.45, 7) is 8.13. The lowest BCUT2D eigenvalue weighted by Crippen LogP contribution is -1.95. The fourth-order valence-electron chi connectivity index (χ4n) is 7.01. The zero-order valence-electron chi connectivity index (χ0n) is 24.9. The molecular formula is C40H16N8. The Morgan fingerprint density at radius 1 is 0.521 bits per heavy atom. The Labute approximate surface area is 273 Å². The first-order valence-electron chi connectivity index (χ1n) is 14.8. The van der Waals surface area contributed by atoms with E-state index < -0.39 is 0 Å². The molecule has 7 aromatic rings. The lowest BCUT2D eigenvalue weighted by molar-refractivity contribution is 1.28. The van der Waals surface area contributed by atoms with Gasteiger partial charge in [0.1, 0.15) is 0 Å². The number of nitrogens with zero attached hydrogens (tertiary/aromatic N) is 8. The predicted octanol–water partition coefficient (Wildman–Crippen LogP) is 8.23. The van der Waals surface area contributed by atoms with Crippen LogP contribution < -0.4 is 0 Å². The molecule has 48 heavy (non-hydrogen) atoms. The third kappa shape index (κ3) is 3.43. The molecule has 0 atom stereocenters. The number of aromatic nitrogens is 4. The molecule has 0 aliphatic heterocycles. The lowest BCUT2D eigenvalue weighted by Gasteiger charge is -2.09. The summed E-state index contributed by atoms with van der Waals surface area (Å²) >= 11 is 0. The highest BCUT2D eigenvalue weighted by molar-refractivity contribution is 6.17. The number of nitriles is 4. The normalized spacial score (nSPS) is 11.8. The second kappa shape index (κ2) is 9.49. The van der Waals surface area contributed by atoms with Gasteiger partial charge in [0.05, 0.1) is 91.4 Å². The highest BCUT2D eigenvalue weighted by atomic mass is 14.9. The Bertz CT molecular complexity index is 2900. The van der Waals surface area contributed by atoms with Crippen LogP contribution >= 0.6 is 0 Å². The quantitative estimate of drug-likeness (QED) is 0.178. The van der Waals surface area contributed by atoms with Gasteiger partial charge in [-0.25, -0.2) is 19.9 Å². The van der Waals surface area contributed by atoms with Crippen molar-refractivity contribution in [2.75, 3.05) is 0 Å². The van der Waals surface area contributed by atoms with E-state index in [2.05, 4.69) is 37.4 Å². The smallest absolute Gasteiger partial charge is 0.0998 e. The van der Waals surface area contributed by atoms with Gasteiger partial charge in [0.15, 0.2) is 0 Å². The van der Waals surface area contributed by atoms with E-state index in [-0.39, 0.29) is 5.57 Å². The second-order valence-corrected chi connectivity index (χ2v) is 11.6. The summed E-state index contributed by atoms with van der Waals surface area (Å²) in [6, 6.07) is 31.3. The number of hydrogen-bond acceptors (Lipinski definition) is 8. The van der Waals surface area contributed by atoms with Gasteiger partial charge in [-0.2, -0.15) is 21.0 Å². The average Bonchev–Trinajstić information content (AvgIpc) is 3.59. The Hall–Kier alpha value is -7.52. The van der Waals surface area contributed by atoms with Crippen molar-refractivity contribution in [3.05, 3.63) is 119 Å². The number of hydrogen-bond donors (Lipinski definition) is 0. The minimum atomic E-state index is 0.189. The van der Waals surface area contributed by atoms with Crippen molar-refractivity contribution in [3.8, 4) is 69.2 Å². The van der Waals surface area contributed by atoms with Crippen molar-refractivity contribution in [1.29, 1.82) is 21.0 Å². The van der Waals surface area contributed by atoms with Gasteiger partial charge in [-0.15, -0.1) is 0 Å². The molecule has 2 aliphatic rings. The van der Waals surface area contributed by atoms with Gasteiger partial charge in [0, 0.05) is 44.2 Å². The molecule has 0 amide bonds. The van der Waals surface area contributed by atoms with Gasteiger partial charge in [-0.1, -0.05) is 43.5 Å². The fourth-order valence-corrected chi connectivity index (χ4v) is 7.01. The zero-order valence-corrected chi connectivity index (χ0v) is 24.9. The molecule has 2 aromatic heterocycles. The average molecular weight is 609 g/mol. The maximum Gasteiger partial charge on any atom is 0.0998 e. The lowest BCUT2D eigenvalue weighted by atomic mass is 9.91. The first-order valence-corrected chi connectivity index (χ1v) is 14.8. The summed E-state index contributed by atoms with van der Waals surface area (Å²) < 4.78 is 0. The zero-order chi connectivity index (χ0) is 32.8. The molecule has 0 N–H and O–H groups in total. The molecule has 0 saturated carbocycles. The summed E-state index contributed by atoms with van der Waals surface area (Å²) in [5, 5.41) is 40.3. The van der Waals surface area contributed by atoms with Crippen molar-refractivity contribution in [1.82, 2.24) is 19.9 Å². The van der Waals surface area contributed by atoms with Crippen molar-refractivity contribution in [3.63, 3.8) is 0 Å². The SMILES string of the molecule is C=C(C#N)c1c(C#N)ccc2c1C(=C)c1nc3ccc(-c4ccc5nc6c(nc5c4)-c4ccc(C#N)c5c(C#N)ccc-6c45)cc3nc1-2. The van der Waals surface area contributed by atoms with E-state index in [0.29, 0.717) is 66.7 Å². The molecule has 2 aliphatic carbocycles. The molecule has 8 nitrogen and oxygen atoms in total. The van der Waals surface area contributed by atoms with Crippen LogP contribution in [-0.4, -0.2) is 19.9 Å². The Morgan fingerprint density at radius 2 is 1.00 bits per heavy atom. The molecule has 0 radical (unpaired) electrons. The fraction of sp³-hybridized carbons (Fsp3) is 0. The van der Waals surface area contributed by atoms with Gasteiger partial charge in [0.2, 0.25) is 0 Å². The van der Waals surface area contributed by atoms with E-state index in [0.717, 1.165) is 50.1 Å². The van der Waals surface area contributed by atoms with Crippen LogP contribution in [0.25, 0.3) is 88.9 Å². The Kier molecular flexibility index (Phi) is 5.31. The van der Waals surface area contributed by atoms with E-state index in [1.165, 1.54) is 0 Å². The Morgan fingerprint density at radius 3 is 1.54 bits per heavy atom. The molecule has 0 bridgehead atoms. The van der Waals surface area contributed by atoms with Gasteiger partial charge in [-0.3, -0.25) is 0 Å². The van der Waals surface area contributed by atoms with Crippen molar-refractivity contribution in [2.24, 2.45) is 0 Å². The van der Waals surface area contributed by atoms with E-state index in [4.69, 9.17) is 19.9 Å². The van der Waals surface area contributed by atoms with Gasteiger partial charge >= 0.3 is 0 Å². The van der Waals surface area contributed by atoms with E-state index in [1.807, 2.05) is 54.6 Å². The third-order valence-corrected chi connectivity index (χ3v) is 9.18. The topological polar surface area (TPSA) is 147 Å². The van der Waals surface area contributed by atoms with Crippen LogP contribution in [0.4, 0.5) is 0 Å². The van der Waals surface area contributed by atoms with Crippen LogP contribution in [-0.2, 0) is 0 Å². The molecule has 0 unspecified atom stereocenters. The van der Waals surface area contributed by atoms with Crippen LogP contribution in [0.3, 0.4) is 0 Å². The maximum atomic E-state index is 9.77. The third-order valence-electron chi connectivity index (χ3n) is 9.18. The highest BCUT2D eigenvalue weighted by Gasteiger charge is 2.31. The number of allylic oxidation sites excluding steroid dienone is 1. The predicted molar refractivity (Wildman–Crippen MR) is 182 cm³/mol. The molecule has 0 spiro atoms. The monoisotopic (exact) mass is 608 g/mol. The molecule has 0 fully saturated rings. The van der Waals surface area contributed by atoms with Gasteiger partial charge < -0.3 is 0 Å². The van der Waals surface area contributed by atoms with Crippen LogP contribution in [0.5, 0.6) is 0 Å². The molecule has 2 heterocycles.